The zero-order valence-corrected chi connectivity index (χ0v) is 11.6. The molecule has 0 bridgehead atoms. The van der Waals surface area contributed by atoms with Gasteiger partial charge in [-0.3, -0.25) is 0 Å². The summed E-state index contributed by atoms with van der Waals surface area (Å²) < 4.78 is 2.28. The Labute approximate surface area is 105 Å². The Hall–Kier alpha value is 0.360. The smallest absolute Gasteiger partial charge is 0.0761 e. The highest BCUT2D eigenvalue weighted by Gasteiger charge is 2.18. The lowest BCUT2D eigenvalue weighted by atomic mass is 10.0. The van der Waals surface area contributed by atoms with E-state index in [1.165, 1.54) is 24.0 Å². The highest BCUT2D eigenvalue weighted by atomic mass is 79.9. The van der Waals surface area contributed by atoms with E-state index in [9.17, 15) is 0 Å². The molecule has 1 heterocycles. The number of nitrogens with two attached hydrogens (primary N) is 1. The van der Waals surface area contributed by atoms with E-state index in [2.05, 4.69) is 44.0 Å². The molecule has 1 atom stereocenters. The Morgan fingerprint density at radius 3 is 2.71 bits per heavy atom. The molecule has 0 saturated heterocycles. The van der Waals surface area contributed by atoms with E-state index < -0.39 is 0 Å². The summed E-state index contributed by atoms with van der Waals surface area (Å²) in [5.41, 5.74) is 8.79. The molecule has 1 aliphatic rings. The zero-order chi connectivity index (χ0) is 10.1. The second-order valence-electron chi connectivity index (χ2n) is 3.43. The molecule has 0 aromatic carbocycles. The Morgan fingerprint density at radius 2 is 2.21 bits per heavy atom. The van der Waals surface area contributed by atoms with Crippen LogP contribution in [0.1, 0.15) is 30.9 Å². The third kappa shape index (κ3) is 2.13. The minimum absolute atomic E-state index is 0.0782. The zero-order valence-electron chi connectivity index (χ0n) is 7.59. The molecule has 1 nitrogen and oxygen atoms in total. The summed E-state index contributed by atoms with van der Waals surface area (Å²) in [5, 5.41) is 0. The minimum atomic E-state index is 0.0782. The second kappa shape index (κ2) is 4.47. The number of hydrogen-bond donors (Lipinski definition) is 1. The number of halogens is 2. The molecule has 0 aliphatic heterocycles. The van der Waals surface area contributed by atoms with Crippen LogP contribution < -0.4 is 5.73 Å². The van der Waals surface area contributed by atoms with Crippen molar-refractivity contribution in [3.8, 4) is 0 Å². The van der Waals surface area contributed by atoms with Crippen LogP contribution in [-0.2, 0) is 0 Å². The fourth-order valence-electron chi connectivity index (χ4n) is 1.74. The topological polar surface area (TPSA) is 26.0 Å². The Balaban J connectivity index is 2.25. The molecular weight excluding hydrogens is 326 g/mol. The quantitative estimate of drug-likeness (QED) is 0.797. The summed E-state index contributed by atoms with van der Waals surface area (Å²) in [7, 11) is 0. The first-order valence-electron chi connectivity index (χ1n) is 4.57. The highest BCUT2D eigenvalue weighted by Crippen LogP contribution is 2.39. The lowest BCUT2D eigenvalue weighted by Gasteiger charge is -2.11. The van der Waals surface area contributed by atoms with Crippen molar-refractivity contribution >= 4 is 43.2 Å². The van der Waals surface area contributed by atoms with Gasteiger partial charge in [0.1, 0.15) is 0 Å². The van der Waals surface area contributed by atoms with Crippen LogP contribution in [0.2, 0.25) is 0 Å². The van der Waals surface area contributed by atoms with Crippen LogP contribution in [0.3, 0.4) is 0 Å². The molecule has 4 heteroatoms. The van der Waals surface area contributed by atoms with Crippen molar-refractivity contribution in [2.75, 3.05) is 0 Å². The van der Waals surface area contributed by atoms with Gasteiger partial charge in [0.05, 0.1) is 13.6 Å². The average molecular weight is 337 g/mol. The fraction of sp³-hybridized carbons (Fsp3) is 0.400. The van der Waals surface area contributed by atoms with Gasteiger partial charge in [0.15, 0.2) is 0 Å². The first-order chi connectivity index (χ1) is 6.68. The third-order valence-corrected chi connectivity index (χ3v) is 4.88. The maximum Gasteiger partial charge on any atom is 0.0761 e. The largest absolute Gasteiger partial charge is 0.320 e. The minimum Gasteiger partial charge on any atom is -0.320 e. The van der Waals surface area contributed by atoms with Crippen LogP contribution in [0.5, 0.6) is 0 Å². The van der Waals surface area contributed by atoms with E-state index in [0.29, 0.717) is 0 Å². The fourth-order valence-corrected chi connectivity index (χ4v) is 4.67. The molecule has 0 fully saturated rings. The van der Waals surface area contributed by atoms with E-state index in [1.54, 1.807) is 11.3 Å². The third-order valence-electron chi connectivity index (χ3n) is 2.49. The molecule has 1 aliphatic carbocycles. The van der Waals surface area contributed by atoms with Gasteiger partial charge in [-0.1, -0.05) is 11.6 Å². The van der Waals surface area contributed by atoms with Crippen LogP contribution in [0.15, 0.2) is 25.3 Å². The molecule has 1 unspecified atom stereocenters. The first-order valence-corrected chi connectivity index (χ1v) is 6.98. The standard InChI is InChI=1S/C10H11Br2NS/c11-8-5-7(10(12)14-8)9(13)6-3-1-2-4-6/h3,5,9H,1-2,4,13H2. The predicted molar refractivity (Wildman–Crippen MR) is 68.6 cm³/mol. The van der Waals surface area contributed by atoms with Crippen LogP contribution >= 0.6 is 43.2 Å². The van der Waals surface area contributed by atoms with Gasteiger partial charge < -0.3 is 5.73 Å². The van der Waals surface area contributed by atoms with Gasteiger partial charge in [-0.15, -0.1) is 11.3 Å². The molecule has 1 aromatic heterocycles. The average Bonchev–Trinajstić information content (AvgIpc) is 2.73. The Bertz CT molecular complexity index is 370. The van der Waals surface area contributed by atoms with E-state index >= 15 is 0 Å². The lowest BCUT2D eigenvalue weighted by Crippen LogP contribution is -2.11. The molecule has 2 rings (SSSR count). The SMILES string of the molecule is NC(C1=CCCC1)c1cc(Br)sc1Br. The second-order valence-corrected chi connectivity index (χ2v) is 7.18. The summed E-state index contributed by atoms with van der Waals surface area (Å²) in [6.45, 7) is 0. The van der Waals surface area contributed by atoms with E-state index in [4.69, 9.17) is 5.73 Å². The lowest BCUT2D eigenvalue weighted by molar-refractivity contribution is 0.785. The van der Waals surface area contributed by atoms with Gasteiger partial charge in [-0.2, -0.15) is 0 Å². The maximum absolute atomic E-state index is 6.20. The molecule has 14 heavy (non-hydrogen) atoms. The molecular formula is C10H11Br2NS. The van der Waals surface area contributed by atoms with E-state index in [0.717, 1.165) is 14.0 Å². The van der Waals surface area contributed by atoms with Gasteiger partial charge in [-0.05, 0) is 62.8 Å². The number of rotatable bonds is 2. The Kier molecular flexibility index (Phi) is 3.47. The van der Waals surface area contributed by atoms with Crippen LogP contribution in [0, 0.1) is 0 Å². The number of allylic oxidation sites excluding steroid dienone is 1. The van der Waals surface area contributed by atoms with Crippen molar-refractivity contribution in [1.29, 1.82) is 0 Å². The summed E-state index contributed by atoms with van der Waals surface area (Å²) in [6.07, 6.45) is 5.88. The summed E-state index contributed by atoms with van der Waals surface area (Å²) in [5.74, 6) is 0. The molecule has 76 valence electrons. The van der Waals surface area contributed by atoms with Crippen molar-refractivity contribution < 1.29 is 0 Å². The summed E-state index contributed by atoms with van der Waals surface area (Å²) >= 11 is 8.70. The molecule has 0 radical (unpaired) electrons. The van der Waals surface area contributed by atoms with Crippen LogP contribution in [-0.4, -0.2) is 0 Å². The highest BCUT2D eigenvalue weighted by molar-refractivity contribution is 9.12. The van der Waals surface area contributed by atoms with E-state index in [1.807, 2.05) is 0 Å². The van der Waals surface area contributed by atoms with Crippen LogP contribution in [0.4, 0.5) is 0 Å². The monoisotopic (exact) mass is 335 g/mol. The maximum atomic E-state index is 6.20. The van der Waals surface area contributed by atoms with E-state index in [-0.39, 0.29) is 6.04 Å². The van der Waals surface area contributed by atoms with Crippen molar-refractivity contribution in [1.82, 2.24) is 0 Å². The van der Waals surface area contributed by atoms with Gasteiger partial charge in [0, 0.05) is 0 Å². The predicted octanol–water partition coefficient (Wildman–Crippen LogP) is 4.38. The van der Waals surface area contributed by atoms with Crippen LogP contribution in [0.25, 0.3) is 0 Å². The van der Waals surface area contributed by atoms with Gasteiger partial charge in [-0.25, -0.2) is 0 Å². The molecule has 0 spiro atoms. The normalized spacial score (nSPS) is 18.4. The van der Waals surface area contributed by atoms with Gasteiger partial charge in [0.2, 0.25) is 0 Å². The molecule has 2 N–H and O–H groups in total. The number of thiophene rings is 1. The van der Waals surface area contributed by atoms with Crippen molar-refractivity contribution in [3.63, 3.8) is 0 Å². The van der Waals surface area contributed by atoms with Gasteiger partial charge in [0.25, 0.3) is 0 Å². The Morgan fingerprint density at radius 1 is 1.43 bits per heavy atom. The summed E-state index contributed by atoms with van der Waals surface area (Å²) in [6, 6.07) is 2.19. The molecule has 1 aromatic rings. The van der Waals surface area contributed by atoms with Crippen molar-refractivity contribution in [2.45, 2.75) is 25.3 Å². The van der Waals surface area contributed by atoms with Crippen molar-refractivity contribution in [2.24, 2.45) is 5.73 Å². The number of hydrogen-bond acceptors (Lipinski definition) is 2. The summed E-state index contributed by atoms with van der Waals surface area (Å²) in [4.78, 5) is 0. The molecule has 0 amide bonds. The first kappa shape index (κ1) is 10.9. The molecule has 0 saturated carbocycles. The van der Waals surface area contributed by atoms with Crippen molar-refractivity contribution in [3.05, 3.63) is 30.9 Å². The van der Waals surface area contributed by atoms with Gasteiger partial charge >= 0.3 is 0 Å².